The topological polar surface area (TPSA) is 311 Å². The van der Waals surface area contributed by atoms with Crippen LogP contribution in [0, 0.1) is 17.8 Å². The molecule has 18 heteroatoms. The van der Waals surface area contributed by atoms with Gasteiger partial charge in [-0.25, -0.2) is 0 Å². The Hall–Kier alpha value is -3.44. The van der Waals surface area contributed by atoms with E-state index in [0.29, 0.717) is 0 Å². The molecule has 0 spiro atoms. The molecule has 1 saturated carbocycles. The maximum absolute atomic E-state index is 13.8. The van der Waals surface area contributed by atoms with Crippen LogP contribution in [-0.2, 0) is 28.5 Å². The third-order valence-corrected chi connectivity index (χ3v) is 13.5. The number of fused-ring (bicyclic) bond motifs is 2. The van der Waals surface area contributed by atoms with Gasteiger partial charge in [0.1, 0.15) is 12.2 Å². The minimum atomic E-state index is -2.24. The molecule has 11 unspecified atom stereocenters. The number of rotatable bonds is 4. The monoisotopic (exact) mass is 977 g/mol. The van der Waals surface area contributed by atoms with Crippen molar-refractivity contribution >= 4 is 11.9 Å². The van der Waals surface area contributed by atoms with Crippen molar-refractivity contribution in [3.63, 3.8) is 0 Å². The molecule has 0 aromatic carbocycles. The van der Waals surface area contributed by atoms with Gasteiger partial charge in [-0.1, -0.05) is 98.9 Å². The Morgan fingerprint density at radius 1 is 0.667 bits per heavy atom. The van der Waals surface area contributed by atoms with Crippen LogP contribution in [0.1, 0.15) is 98.3 Å². The summed E-state index contributed by atoms with van der Waals surface area (Å²) < 4.78 is 23.8. The highest BCUT2D eigenvalue weighted by Crippen LogP contribution is 2.38. The minimum absolute atomic E-state index is 0.0856. The fourth-order valence-electron chi connectivity index (χ4n) is 8.84. The van der Waals surface area contributed by atoms with Crippen LogP contribution < -0.4 is 11.1 Å². The van der Waals surface area contributed by atoms with Gasteiger partial charge in [-0.2, -0.15) is 0 Å². The van der Waals surface area contributed by atoms with E-state index in [1.165, 1.54) is 0 Å². The number of ether oxygens (including phenoxy) is 4. The van der Waals surface area contributed by atoms with E-state index in [1.807, 2.05) is 49.5 Å². The summed E-state index contributed by atoms with van der Waals surface area (Å²) >= 11 is 0. The number of carbonyl (C=O) groups excluding carboxylic acids is 2. The molecule has 69 heavy (non-hydrogen) atoms. The lowest BCUT2D eigenvalue weighted by Gasteiger charge is -2.46. The zero-order chi connectivity index (χ0) is 50.8. The number of cyclic esters (lactones) is 1. The predicted octanol–water partition coefficient (Wildman–Crippen LogP) is 1.30. The number of esters is 1. The third kappa shape index (κ3) is 18.9. The number of nitrogens with two attached hydrogens (primary N) is 1. The summed E-state index contributed by atoms with van der Waals surface area (Å²) in [4.78, 5) is 26.5. The third-order valence-electron chi connectivity index (χ3n) is 13.5. The molecule has 4 rings (SSSR count). The number of hydrogen-bond donors (Lipinski definition) is 12. The lowest BCUT2D eigenvalue weighted by atomic mass is 9.81. The minimum Gasteiger partial charge on any atom is -0.462 e. The van der Waals surface area contributed by atoms with Gasteiger partial charge < -0.3 is 81.1 Å². The standard InChI is InChI=1S/C51H80N2O16/c1-30-18-15-13-11-9-7-5-6-8-10-12-14-16-21-38(68-50-48(63)45(52)47(62)33(4)67-50)27-42-44(49(64)53-34-19-17-20-34)41(59)29-51(65,69-42)28-37(56)25-40(58)39(57)23-22-35(54)24-36(55)26-43(60)66-32(3)31(2)46(30)61/h5-16,18,21,30-42,44-48,50,54-59,61-63,65H,17,19-20,22-29,52H2,1-4H3,(H,53,64)/b6-5+,9-7+,10-8+,13-11+,14-12+,18-15+,21-16+/t30-,31-,32-,33+,35?,36?,37?,38?,39?,40?,41-,42-,44?,45-,46?,47?,48?,50-,51?/m0/s1. The molecule has 13 N–H and O–H groups in total. The van der Waals surface area contributed by atoms with Crippen molar-refractivity contribution in [2.75, 3.05) is 0 Å². The number of aliphatic hydroxyl groups excluding tert-OH is 9. The first kappa shape index (κ1) is 58.1. The van der Waals surface area contributed by atoms with E-state index in [0.717, 1.165) is 19.3 Å². The van der Waals surface area contributed by atoms with E-state index >= 15 is 0 Å². The normalized spacial score (nSPS) is 44.8. The van der Waals surface area contributed by atoms with Gasteiger partial charge in [-0.05, 0) is 52.4 Å². The van der Waals surface area contributed by atoms with E-state index in [4.69, 9.17) is 24.7 Å². The van der Waals surface area contributed by atoms with Crippen LogP contribution in [0.15, 0.2) is 85.1 Å². The smallest absolute Gasteiger partial charge is 0.308 e. The van der Waals surface area contributed by atoms with Crippen molar-refractivity contribution in [1.29, 1.82) is 0 Å². The molecule has 3 fully saturated rings. The second kappa shape index (κ2) is 28.6. The van der Waals surface area contributed by atoms with E-state index in [-0.39, 0.29) is 37.6 Å². The van der Waals surface area contributed by atoms with E-state index in [2.05, 4.69) is 5.32 Å². The molecule has 0 aromatic heterocycles. The Morgan fingerprint density at radius 2 is 1.26 bits per heavy atom. The van der Waals surface area contributed by atoms with E-state index < -0.39 is 147 Å². The Balaban J connectivity index is 1.58. The number of hydrogen-bond acceptors (Lipinski definition) is 17. The molecule has 0 aromatic rings. The van der Waals surface area contributed by atoms with E-state index in [9.17, 15) is 60.7 Å². The molecular weight excluding hydrogens is 897 g/mol. The zero-order valence-electron chi connectivity index (χ0n) is 40.3. The van der Waals surface area contributed by atoms with Crippen LogP contribution in [0.5, 0.6) is 0 Å². The Morgan fingerprint density at radius 3 is 1.86 bits per heavy atom. The van der Waals surface area contributed by atoms with E-state index in [1.54, 1.807) is 63.3 Å². The molecule has 0 radical (unpaired) electrons. The fourth-order valence-corrected chi connectivity index (χ4v) is 8.84. The highest BCUT2D eigenvalue weighted by molar-refractivity contribution is 5.80. The Labute approximate surface area is 406 Å². The van der Waals surface area contributed by atoms with Crippen molar-refractivity contribution in [3.8, 4) is 0 Å². The number of aliphatic hydroxyl groups is 10. The molecule has 18 nitrogen and oxygen atoms in total. The van der Waals surface area contributed by atoms with Crippen LogP contribution in [0.2, 0.25) is 0 Å². The van der Waals surface area contributed by atoms with Gasteiger partial charge in [0.15, 0.2) is 12.1 Å². The largest absolute Gasteiger partial charge is 0.462 e. The van der Waals surface area contributed by atoms with Crippen molar-refractivity contribution in [2.45, 2.75) is 202 Å². The van der Waals surface area contributed by atoms with Crippen molar-refractivity contribution in [1.82, 2.24) is 5.32 Å². The zero-order valence-corrected chi connectivity index (χ0v) is 40.3. The van der Waals surface area contributed by atoms with Gasteiger partial charge >= 0.3 is 5.97 Å². The number of nitrogens with one attached hydrogen (secondary N) is 1. The van der Waals surface area contributed by atoms with Gasteiger partial charge in [0.05, 0.1) is 85.5 Å². The molecule has 2 saturated heterocycles. The summed E-state index contributed by atoms with van der Waals surface area (Å²) in [6.45, 7) is 6.82. The predicted molar refractivity (Wildman–Crippen MR) is 255 cm³/mol. The molecule has 1 amide bonds. The highest BCUT2D eigenvalue weighted by Gasteiger charge is 2.51. The van der Waals surface area contributed by atoms with Gasteiger partial charge in [0.25, 0.3) is 0 Å². The van der Waals surface area contributed by atoms with Gasteiger partial charge in [0, 0.05) is 43.6 Å². The molecule has 4 aliphatic rings. The first-order valence-electron chi connectivity index (χ1n) is 24.4. The number of amides is 1. The molecule has 390 valence electrons. The summed E-state index contributed by atoms with van der Waals surface area (Å²) in [5, 5.41) is 113. The molecule has 3 heterocycles. The second-order valence-corrected chi connectivity index (χ2v) is 19.4. The summed E-state index contributed by atoms with van der Waals surface area (Å²) in [5.41, 5.74) is 6.11. The van der Waals surface area contributed by atoms with Crippen LogP contribution in [0.4, 0.5) is 0 Å². The summed E-state index contributed by atoms with van der Waals surface area (Å²) in [5.74, 6) is -5.41. The van der Waals surface area contributed by atoms with Crippen LogP contribution in [0.25, 0.3) is 0 Å². The average molecular weight is 977 g/mol. The lowest BCUT2D eigenvalue weighted by Crippen LogP contribution is -2.62. The van der Waals surface area contributed by atoms with Crippen LogP contribution >= 0.6 is 0 Å². The SMILES string of the molecule is C[C@@H]1OC(=O)CC(O)CC(O)CCC(O)C(O)CC(O)CC2(O)C[C@H](O)C(C(=O)NC3CCC3)[C@H](CC(O[C@@H]3O[C@H](C)C(O)[C@H](N)C3O)/C=C/C=C/C=C/C=C/C=C/C=C/C=C/[C@H](C)C(O)[C@H]1C)O2. The second-order valence-electron chi connectivity index (χ2n) is 19.4. The van der Waals surface area contributed by atoms with Crippen molar-refractivity contribution < 1.29 is 79.6 Å². The fraction of sp³-hybridized carbons (Fsp3) is 0.686. The van der Waals surface area contributed by atoms with Gasteiger partial charge in [-0.15, -0.1) is 0 Å². The van der Waals surface area contributed by atoms with Crippen molar-refractivity contribution in [3.05, 3.63) is 85.1 Å². The maximum atomic E-state index is 13.8. The summed E-state index contributed by atoms with van der Waals surface area (Å²) in [6.07, 6.45) is 7.71. The number of carbonyl (C=O) groups is 2. The maximum Gasteiger partial charge on any atom is 0.308 e. The average Bonchev–Trinajstić information content (AvgIpc) is 3.26. The Bertz CT molecular complexity index is 1780. The first-order chi connectivity index (χ1) is 32.7. The first-order valence-corrected chi connectivity index (χ1v) is 24.4. The molecule has 2 bridgehead atoms. The highest BCUT2D eigenvalue weighted by atomic mass is 16.7. The summed E-state index contributed by atoms with van der Waals surface area (Å²) in [7, 11) is 0. The number of allylic oxidation sites excluding steroid dienone is 12. The Kier molecular flexibility index (Phi) is 24.1. The van der Waals surface area contributed by atoms with Gasteiger partial charge in [-0.3, -0.25) is 9.59 Å². The molecular formula is C51H80N2O16. The molecule has 3 aliphatic heterocycles. The quantitative estimate of drug-likeness (QED) is 0.177. The van der Waals surface area contributed by atoms with Gasteiger partial charge in [0.2, 0.25) is 5.91 Å². The molecule has 1 aliphatic carbocycles. The van der Waals surface area contributed by atoms with Crippen LogP contribution in [-0.4, -0.2) is 166 Å². The molecule has 19 atom stereocenters. The van der Waals surface area contributed by atoms with Crippen LogP contribution in [0.3, 0.4) is 0 Å². The summed E-state index contributed by atoms with van der Waals surface area (Å²) in [6, 6.07) is -1.22. The lowest BCUT2D eigenvalue weighted by molar-refractivity contribution is -0.307. The van der Waals surface area contributed by atoms with Crippen molar-refractivity contribution in [2.24, 2.45) is 23.5 Å².